The summed E-state index contributed by atoms with van der Waals surface area (Å²) >= 11 is 7.43. The van der Waals surface area contributed by atoms with Crippen LogP contribution in [-0.4, -0.2) is 23.7 Å². The highest BCUT2D eigenvalue weighted by Gasteiger charge is 2.16. The van der Waals surface area contributed by atoms with Gasteiger partial charge in [0, 0.05) is 21.3 Å². The van der Waals surface area contributed by atoms with E-state index in [0.29, 0.717) is 22.1 Å². The van der Waals surface area contributed by atoms with Gasteiger partial charge >= 0.3 is 0 Å². The number of amides is 2. The number of anilines is 2. The SMILES string of the molecule is Cc1ccc(Cl)cc1NC(=O)C(C)Sc1cccc(NC(=O)COc2ccccc2)c1. The number of carbonyl (C=O) groups excluding carboxylic acids is 2. The van der Waals surface area contributed by atoms with E-state index in [2.05, 4.69) is 10.6 Å². The Morgan fingerprint density at radius 1 is 1.00 bits per heavy atom. The molecule has 3 aromatic rings. The summed E-state index contributed by atoms with van der Waals surface area (Å²) in [5.74, 6) is 0.256. The van der Waals surface area contributed by atoms with Crippen molar-refractivity contribution in [2.45, 2.75) is 24.0 Å². The summed E-state index contributed by atoms with van der Waals surface area (Å²) < 4.78 is 5.46. The zero-order valence-electron chi connectivity index (χ0n) is 17.2. The zero-order valence-corrected chi connectivity index (χ0v) is 18.8. The summed E-state index contributed by atoms with van der Waals surface area (Å²) in [7, 11) is 0. The summed E-state index contributed by atoms with van der Waals surface area (Å²) in [5, 5.41) is 5.96. The van der Waals surface area contributed by atoms with Gasteiger partial charge < -0.3 is 15.4 Å². The minimum absolute atomic E-state index is 0.0841. The minimum atomic E-state index is -0.342. The van der Waals surface area contributed by atoms with Crippen molar-refractivity contribution >= 4 is 46.6 Å². The maximum Gasteiger partial charge on any atom is 0.262 e. The van der Waals surface area contributed by atoms with E-state index in [1.165, 1.54) is 11.8 Å². The molecule has 1 unspecified atom stereocenters. The molecule has 1 atom stereocenters. The number of nitrogens with one attached hydrogen (secondary N) is 2. The van der Waals surface area contributed by atoms with E-state index in [9.17, 15) is 9.59 Å². The van der Waals surface area contributed by atoms with Crippen molar-refractivity contribution < 1.29 is 14.3 Å². The number of benzene rings is 3. The van der Waals surface area contributed by atoms with Crippen LogP contribution in [0.15, 0.2) is 77.7 Å². The number of thioether (sulfide) groups is 1. The summed E-state index contributed by atoms with van der Waals surface area (Å²) in [4.78, 5) is 25.6. The van der Waals surface area contributed by atoms with Crippen LogP contribution in [0.25, 0.3) is 0 Å². The molecule has 0 aliphatic rings. The van der Waals surface area contributed by atoms with E-state index in [0.717, 1.165) is 10.5 Å². The lowest BCUT2D eigenvalue weighted by atomic mass is 10.2. The fourth-order valence-corrected chi connectivity index (χ4v) is 3.83. The van der Waals surface area contributed by atoms with Crippen LogP contribution in [-0.2, 0) is 9.59 Å². The number of hydrogen-bond donors (Lipinski definition) is 2. The van der Waals surface area contributed by atoms with Gasteiger partial charge in [0.2, 0.25) is 5.91 Å². The Kier molecular flexibility index (Phi) is 7.98. The lowest BCUT2D eigenvalue weighted by molar-refractivity contribution is -0.118. The topological polar surface area (TPSA) is 67.4 Å². The number of para-hydroxylation sites is 1. The second kappa shape index (κ2) is 10.9. The van der Waals surface area contributed by atoms with Crippen molar-refractivity contribution in [1.29, 1.82) is 0 Å². The molecular weight excluding hydrogens is 432 g/mol. The summed E-state index contributed by atoms with van der Waals surface area (Å²) in [6.45, 7) is 3.66. The highest BCUT2D eigenvalue weighted by atomic mass is 35.5. The Hall–Kier alpha value is -2.96. The molecular formula is C24H23ClN2O3S. The molecule has 160 valence electrons. The summed E-state index contributed by atoms with van der Waals surface area (Å²) in [6.07, 6.45) is 0. The van der Waals surface area contributed by atoms with E-state index in [1.54, 1.807) is 30.3 Å². The van der Waals surface area contributed by atoms with Gasteiger partial charge in [-0.1, -0.05) is 41.9 Å². The Morgan fingerprint density at radius 3 is 2.55 bits per heavy atom. The van der Waals surface area contributed by atoms with Crippen LogP contribution in [0.4, 0.5) is 11.4 Å². The van der Waals surface area contributed by atoms with Gasteiger partial charge in [-0.25, -0.2) is 0 Å². The number of carbonyl (C=O) groups is 2. The molecule has 5 nitrogen and oxygen atoms in total. The van der Waals surface area contributed by atoms with Gasteiger partial charge in [-0.3, -0.25) is 9.59 Å². The molecule has 0 fully saturated rings. The van der Waals surface area contributed by atoms with Gasteiger partial charge in [0.05, 0.1) is 5.25 Å². The van der Waals surface area contributed by atoms with Crippen molar-refractivity contribution in [1.82, 2.24) is 0 Å². The number of ether oxygens (including phenoxy) is 1. The Morgan fingerprint density at radius 2 is 1.77 bits per heavy atom. The first-order valence-corrected chi connectivity index (χ1v) is 11.0. The monoisotopic (exact) mass is 454 g/mol. The van der Waals surface area contributed by atoms with E-state index < -0.39 is 0 Å². The fraction of sp³-hybridized carbons (Fsp3) is 0.167. The van der Waals surface area contributed by atoms with Crippen molar-refractivity contribution in [2.24, 2.45) is 0 Å². The molecule has 3 aromatic carbocycles. The highest BCUT2D eigenvalue weighted by molar-refractivity contribution is 8.00. The van der Waals surface area contributed by atoms with Crippen LogP contribution in [0, 0.1) is 6.92 Å². The summed E-state index contributed by atoms with van der Waals surface area (Å²) in [6, 6.07) is 21.9. The first-order valence-electron chi connectivity index (χ1n) is 9.72. The smallest absolute Gasteiger partial charge is 0.262 e. The van der Waals surface area contributed by atoms with Gasteiger partial charge in [-0.2, -0.15) is 0 Å². The normalized spacial score (nSPS) is 11.5. The molecule has 0 spiro atoms. The molecule has 0 saturated carbocycles. The van der Waals surface area contributed by atoms with Gasteiger partial charge in [0.25, 0.3) is 5.91 Å². The molecule has 0 heterocycles. The van der Waals surface area contributed by atoms with Gasteiger partial charge in [-0.05, 0) is 61.9 Å². The van der Waals surface area contributed by atoms with Crippen molar-refractivity contribution in [3.63, 3.8) is 0 Å². The number of hydrogen-bond acceptors (Lipinski definition) is 4. The average Bonchev–Trinajstić information content (AvgIpc) is 2.76. The largest absolute Gasteiger partial charge is 0.484 e. The van der Waals surface area contributed by atoms with E-state index in [4.69, 9.17) is 16.3 Å². The minimum Gasteiger partial charge on any atom is -0.484 e. The molecule has 0 aromatic heterocycles. The quantitative estimate of drug-likeness (QED) is 0.423. The standard InChI is InChI=1S/C24H23ClN2O3S/c1-16-11-12-18(25)13-22(16)27-24(29)17(2)31-21-10-6-7-19(14-21)26-23(28)15-30-20-8-4-3-5-9-20/h3-14,17H,15H2,1-2H3,(H,26,28)(H,27,29). The van der Waals surface area contributed by atoms with Crippen molar-refractivity contribution in [2.75, 3.05) is 17.2 Å². The fourth-order valence-electron chi connectivity index (χ4n) is 2.73. The van der Waals surface area contributed by atoms with Crippen LogP contribution in [0.2, 0.25) is 5.02 Å². The van der Waals surface area contributed by atoms with E-state index >= 15 is 0 Å². The van der Waals surface area contributed by atoms with Crippen molar-refractivity contribution in [3.8, 4) is 5.75 Å². The van der Waals surface area contributed by atoms with Crippen LogP contribution in [0.1, 0.15) is 12.5 Å². The van der Waals surface area contributed by atoms with E-state index in [1.807, 2.05) is 56.3 Å². The van der Waals surface area contributed by atoms with Crippen LogP contribution < -0.4 is 15.4 Å². The Balaban J connectivity index is 1.54. The molecule has 0 saturated heterocycles. The third-order valence-electron chi connectivity index (χ3n) is 4.37. The Bertz CT molecular complexity index is 1060. The van der Waals surface area contributed by atoms with Gasteiger partial charge in [0.1, 0.15) is 5.75 Å². The Labute approximate surface area is 191 Å². The predicted octanol–water partition coefficient (Wildman–Crippen LogP) is 5.79. The third kappa shape index (κ3) is 7.05. The first-order chi connectivity index (χ1) is 14.9. The molecule has 0 aliphatic carbocycles. The van der Waals surface area contributed by atoms with Gasteiger partial charge in [0.15, 0.2) is 6.61 Å². The van der Waals surface area contributed by atoms with Gasteiger partial charge in [-0.15, -0.1) is 11.8 Å². The van der Waals surface area contributed by atoms with E-state index in [-0.39, 0.29) is 23.7 Å². The first kappa shape index (κ1) is 22.7. The molecule has 31 heavy (non-hydrogen) atoms. The molecule has 0 aliphatic heterocycles. The lowest BCUT2D eigenvalue weighted by Gasteiger charge is -2.14. The average molecular weight is 455 g/mol. The molecule has 0 radical (unpaired) electrons. The molecule has 7 heteroatoms. The highest BCUT2D eigenvalue weighted by Crippen LogP contribution is 2.27. The molecule has 3 rings (SSSR count). The number of halogens is 1. The molecule has 2 amide bonds. The van der Waals surface area contributed by atoms with Crippen LogP contribution >= 0.6 is 23.4 Å². The zero-order chi connectivity index (χ0) is 22.2. The maximum atomic E-state index is 12.6. The second-order valence-corrected chi connectivity index (χ2v) is 8.74. The number of rotatable bonds is 8. The maximum absolute atomic E-state index is 12.6. The predicted molar refractivity (Wildman–Crippen MR) is 127 cm³/mol. The van der Waals surface area contributed by atoms with Crippen molar-refractivity contribution in [3.05, 3.63) is 83.4 Å². The molecule has 0 bridgehead atoms. The lowest BCUT2D eigenvalue weighted by Crippen LogP contribution is -2.23. The third-order valence-corrected chi connectivity index (χ3v) is 5.70. The van der Waals surface area contributed by atoms with Crippen LogP contribution in [0.5, 0.6) is 5.75 Å². The second-order valence-electron chi connectivity index (χ2n) is 6.89. The number of aryl methyl sites for hydroxylation is 1. The van der Waals surface area contributed by atoms with Crippen LogP contribution in [0.3, 0.4) is 0 Å². The summed E-state index contributed by atoms with van der Waals surface area (Å²) in [5.41, 5.74) is 2.28. The molecule has 2 N–H and O–H groups in total.